The first-order chi connectivity index (χ1) is 7.38. The monoisotopic (exact) mass is 240 g/mol. The first kappa shape index (κ1) is 13.7. The highest BCUT2D eigenvalue weighted by Gasteiger charge is 2.22. The average Bonchev–Trinajstić information content (AvgIpc) is 2.48. The molecule has 0 spiro atoms. The van der Waals surface area contributed by atoms with Crippen molar-refractivity contribution >= 4 is 14.1 Å². The number of allylic oxidation sites excluding steroid dienone is 1. The van der Waals surface area contributed by atoms with Gasteiger partial charge in [-0.2, -0.15) is 0 Å². The van der Waals surface area contributed by atoms with E-state index < -0.39 is 8.32 Å². The van der Waals surface area contributed by atoms with Crippen LogP contribution in [0.3, 0.4) is 0 Å². The molecule has 0 bridgehead atoms. The van der Waals surface area contributed by atoms with Crippen molar-refractivity contribution < 1.29 is 9.22 Å². The van der Waals surface area contributed by atoms with Crippen LogP contribution in [0, 0.1) is 5.92 Å². The van der Waals surface area contributed by atoms with Gasteiger partial charge in [-0.25, -0.2) is 0 Å². The van der Waals surface area contributed by atoms with Gasteiger partial charge in [0.25, 0.3) is 0 Å². The number of hydrogen-bond donors (Lipinski definition) is 0. The highest BCUT2D eigenvalue weighted by Crippen LogP contribution is 2.24. The van der Waals surface area contributed by atoms with Crippen molar-refractivity contribution in [2.24, 2.45) is 5.92 Å². The molecule has 1 aliphatic rings. The Morgan fingerprint density at radius 3 is 2.69 bits per heavy atom. The summed E-state index contributed by atoms with van der Waals surface area (Å²) in [5.41, 5.74) is 0. The molecule has 1 rings (SSSR count). The fraction of sp³-hybridized carbons (Fsp3) is 0.769. The van der Waals surface area contributed by atoms with Crippen LogP contribution in [-0.4, -0.2) is 20.2 Å². The maximum Gasteiger partial charge on any atom is 0.184 e. The largest absolute Gasteiger partial charge is 0.412 e. The molecule has 1 unspecified atom stereocenters. The van der Waals surface area contributed by atoms with Gasteiger partial charge in [-0.05, 0) is 45.8 Å². The molecule has 1 fully saturated rings. The van der Waals surface area contributed by atoms with Gasteiger partial charge in [-0.15, -0.1) is 0 Å². The van der Waals surface area contributed by atoms with E-state index in [2.05, 4.69) is 38.7 Å². The Morgan fingerprint density at radius 2 is 2.19 bits per heavy atom. The van der Waals surface area contributed by atoms with Gasteiger partial charge in [0.15, 0.2) is 8.32 Å². The van der Waals surface area contributed by atoms with Gasteiger partial charge >= 0.3 is 0 Å². The highest BCUT2D eigenvalue weighted by molar-refractivity contribution is 6.69. The van der Waals surface area contributed by atoms with Crippen LogP contribution in [0.1, 0.15) is 32.6 Å². The Balaban J connectivity index is 2.28. The molecule has 0 saturated heterocycles. The van der Waals surface area contributed by atoms with Gasteiger partial charge in [0.05, 0.1) is 6.10 Å². The minimum absolute atomic E-state index is 0.183. The second-order valence-electron chi connectivity index (χ2n) is 5.65. The van der Waals surface area contributed by atoms with Crippen LogP contribution >= 0.6 is 0 Å². The van der Waals surface area contributed by atoms with Crippen molar-refractivity contribution in [2.75, 3.05) is 0 Å². The van der Waals surface area contributed by atoms with Crippen molar-refractivity contribution in [3.8, 4) is 0 Å². The second-order valence-corrected chi connectivity index (χ2v) is 10.1. The Labute approximate surface area is 100 Å². The smallest absolute Gasteiger partial charge is 0.184 e. The van der Waals surface area contributed by atoms with Crippen molar-refractivity contribution in [3.63, 3.8) is 0 Å². The Morgan fingerprint density at radius 1 is 1.50 bits per heavy atom. The van der Waals surface area contributed by atoms with Gasteiger partial charge in [0.2, 0.25) is 0 Å². The summed E-state index contributed by atoms with van der Waals surface area (Å²) in [5.74, 6) is 0.735. The summed E-state index contributed by atoms with van der Waals surface area (Å²) in [7, 11) is -1.43. The molecule has 0 aliphatic heterocycles. The van der Waals surface area contributed by atoms with E-state index in [1.54, 1.807) is 0 Å². The summed E-state index contributed by atoms with van der Waals surface area (Å²) in [4.78, 5) is 11.4. The summed E-state index contributed by atoms with van der Waals surface area (Å²) in [5, 5.41) is 0. The predicted octanol–water partition coefficient (Wildman–Crippen LogP) is 3.54. The van der Waals surface area contributed by atoms with E-state index >= 15 is 0 Å². The topological polar surface area (TPSA) is 26.3 Å². The lowest BCUT2D eigenvalue weighted by Crippen LogP contribution is -2.29. The van der Waals surface area contributed by atoms with Gasteiger partial charge in [-0.1, -0.05) is 12.2 Å². The Hall–Kier alpha value is -0.413. The van der Waals surface area contributed by atoms with Gasteiger partial charge in [0.1, 0.15) is 5.78 Å². The molecule has 0 aromatic heterocycles. The van der Waals surface area contributed by atoms with Crippen molar-refractivity contribution in [1.29, 1.82) is 0 Å². The molecule has 0 heterocycles. The zero-order chi connectivity index (χ0) is 12.2. The molecular formula is C13H24O2Si. The van der Waals surface area contributed by atoms with Gasteiger partial charge < -0.3 is 4.43 Å². The summed E-state index contributed by atoms with van der Waals surface area (Å²) >= 11 is 0. The molecule has 0 aromatic rings. The van der Waals surface area contributed by atoms with Crippen molar-refractivity contribution in [2.45, 2.75) is 58.4 Å². The third-order valence-corrected chi connectivity index (χ3v) is 3.88. The minimum Gasteiger partial charge on any atom is -0.412 e. The summed E-state index contributed by atoms with van der Waals surface area (Å²) in [6, 6.07) is 0. The Bertz CT molecular complexity index is 266. The summed E-state index contributed by atoms with van der Waals surface area (Å²) in [6.45, 7) is 8.65. The molecular weight excluding hydrogens is 216 g/mol. The maximum atomic E-state index is 11.4. The quantitative estimate of drug-likeness (QED) is 0.543. The van der Waals surface area contributed by atoms with E-state index in [0.717, 1.165) is 25.7 Å². The van der Waals surface area contributed by atoms with Crippen LogP contribution in [0.2, 0.25) is 19.6 Å². The summed E-state index contributed by atoms with van der Waals surface area (Å²) in [6.07, 6.45) is 8.26. The van der Waals surface area contributed by atoms with E-state index in [1.165, 1.54) is 0 Å². The standard InChI is InChI=1S/C13H24O2Si/c1-11(15-16(2,3)4)7-5-8-12-9-6-10-13(12)14/h5,7,11-12H,6,8-10H2,1-4H3/t11-,12?/m1/s1. The molecule has 2 nitrogen and oxygen atoms in total. The molecule has 1 saturated carbocycles. The predicted molar refractivity (Wildman–Crippen MR) is 70.0 cm³/mol. The van der Waals surface area contributed by atoms with E-state index in [1.807, 2.05) is 0 Å². The fourth-order valence-corrected chi connectivity index (χ4v) is 3.36. The van der Waals surface area contributed by atoms with Crippen LogP contribution in [0.25, 0.3) is 0 Å². The third-order valence-electron chi connectivity index (χ3n) is 2.80. The molecule has 16 heavy (non-hydrogen) atoms. The van der Waals surface area contributed by atoms with Crippen molar-refractivity contribution in [1.82, 2.24) is 0 Å². The molecule has 92 valence electrons. The molecule has 0 N–H and O–H groups in total. The number of carbonyl (C=O) groups excluding carboxylic acids is 1. The first-order valence-electron chi connectivity index (χ1n) is 6.25. The van der Waals surface area contributed by atoms with Gasteiger partial charge in [-0.3, -0.25) is 4.79 Å². The maximum absolute atomic E-state index is 11.4. The number of Topliss-reactive ketones (excluding diaryl/α,β-unsaturated/α-hetero) is 1. The average molecular weight is 240 g/mol. The van der Waals surface area contributed by atoms with Crippen LogP contribution in [0.4, 0.5) is 0 Å². The zero-order valence-corrected chi connectivity index (χ0v) is 12.0. The third kappa shape index (κ3) is 5.08. The van der Waals surface area contributed by atoms with E-state index in [4.69, 9.17) is 4.43 Å². The zero-order valence-electron chi connectivity index (χ0n) is 11.0. The molecule has 0 amide bonds. The normalized spacial score (nSPS) is 24.2. The number of hydrogen-bond acceptors (Lipinski definition) is 2. The van der Waals surface area contributed by atoms with Crippen molar-refractivity contribution in [3.05, 3.63) is 12.2 Å². The van der Waals surface area contributed by atoms with Crippen LogP contribution in [-0.2, 0) is 9.22 Å². The van der Waals surface area contributed by atoms with Gasteiger partial charge in [0, 0.05) is 12.3 Å². The van der Waals surface area contributed by atoms with Crippen LogP contribution in [0.15, 0.2) is 12.2 Å². The number of ketones is 1. The van der Waals surface area contributed by atoms with E-state index in [9.17, 15) is 4.79 Å². The lowest BCUT2D eigenvalue weighted by Gasteiger charge is -2.21. The molecule has 3 heteroatoms. The lowest BCUT2D eigenvalue weighted by atomic mass is 10.0. The number of rotatable bonds is 5. The molecule has 0 aromatic carbocycles. The minimum atomic E-state index is -1.43. The van der Waals surface area contributed by atoms with Crippen LogP contribution in [0.5, 0.6) is 0 Å². The number of carbonyl (C=O) groups is 1. The molecule has 0 radical (unpaired) electrons. The molecule has 2 atom stereocenters. The van der Waals surface area contributed by atoms with E-state index in [-0.39, 0.29) is 12.0 Å². The second kappa shape index (κ2) is 5.78. The van der Waals surface area contributed by atoms with E-state index in [0.29, 0.717) is 5.78 Å². The SMILES string of the molecule is C[C@H](C=CCC1CCCC1=O)O[Si](C)(C)C. The molecule has 1 aliphatic carbocycles. The fourth-order valence-electron chi connectivity index (χ4n) is 2.17. The Kier molecular flexibility index (Phi) is 4.93. The van der Waals surface area contributed by atoms with Crippen LogP contribution < -0.4 is 0 Å². The summed E-state index contributed by atoms with van der Waals surface area (Å²) < 4.78 is 5.90. The first-order valence-corrected chi connectivity index (χ1v) is 9.66. The highest BCUT2D eigenvalue weighted by atomic mass is 28.4. The lowest BCUT2D eigenvalue weighted by molar-refractivity contribution is -0.120.